The number of hydrogen-bond acceptors (Lipinski definition) is 4. The molecule has 0 radical (unpaired) electrons. The van der Waals surface area contributed by atoms with Crippen molar-refractivity contribution in [3.8, 4) is 5.75 Å². The van der Waals surface area contributed by atoms with E-state index in [-0.39, 0.29) is 34.9 Å². The van der Waals surface area contributed by atoms with Crippen LogP contribution in [0.3, 0.4) is 0 Å². The molecule has 1 heterocycles. The van der Waals surface area contributed by atoms with Crippen molar-refractivity contribution >= 4 is 21.6 Å². The Morgan fingerprint density at radius 2 is 1.74 bits per heavy atom. The molecular formula is C23H17F5N2O4S. The van der Waals surface area contributed by atoms with Gasteiger partial charge in [-0.2, -0.15) is 13.2 Å². The lowest BCUT2D eigenvalue weighted by Gasteiger charge is -2.28. The van der Waals surface area contributed by atoms with E-state index in [0.29, 0.717) is 11.6 Å². The first-order valence-corrected chi connectivity index (χ1v) is 11.7. The largest absolute Gasteiger partial charge is 0.493 e. The number of carbonyl (C=O) groups excluding carboxylic acids is 1. The second-order valence-electron chi connectivity index (χ2n) is 7.79. The summed E-state index contributed by atoms with van der Waals surface area (Å²) in [6.45, 7) is 0.0568. The predicted molar refractivity (Wildman–Crippen MR) is 116 cm³/mol. The van der Waals surface area contributed by atoms with Gasteiger partial charge in [0.15, 0.2) is 0 Å². The molecule has 0 aliphatic carbocycles. The van der Waals surface area contributed by atoms with Crippen molar-refractivity contribution in [2.24, 2.45) is 5.14 Å². The molecule has 1 aliphatic rings. The molecule has 3 N–H and O–H groups in total. The summed E-state index contributed by atoms with van der Waals surface area (Å²) >= 11 is 0. The van der Waals surface area contributed by atoms with Crippen molar-refractivity contribution in [3.63, 3.8) is 0 Å². The Hall–Kier alpha value is -3.51. The van der Waals surface area contributed by atoms with Gasteiger partial charge in [0.2, 0.25) is 10.0 Å². The predicted octanol–water partition coefficient (Wildman–Crippen LogP) is 4.80. The highest BCUT2D eigenvalue weighted by Gasteiger charge is 2.38. The Bertz CT molecular complexity index is 1420. The van der Waals surface area contributed by atoms with Crippen LogP contribution in [0.5, 0.6) is 5.75 Å². The Kier molecular flexibility index (Phi) is 6.28. The highest BCUT2D eigenvalue weighted by Crippen LogP contribution is 2.42. The van der Waals surface area contributed by atoms with Gasteiger partial charge in [0.1, 0.15) is 17.4 Å². The molecule has 0 spiro atoms. The van der Waals surface area contributed by atoms with Crippen molar-refractivity contribution in [1.82, 2.24) is 0 Å². The van der Waals surface area contributed by atoms with Gasteiger partial charge >= 0.3 is 6.18 Å². The van der Waals surface area contributed by atoms with Gasteiger partial charge in [0, 0.05) is 23.2 Å². The highest BCUT2D eigenvalue weighted by molar-refractivity contribution is 7.89. The number of halogens is 5. The van der Waals surface area contributed by atoms with Crippen LogP contribution in [0.1, 0.15) is 39.4 Å². The Morgan fingerprint density at radius 1 is 1.03 bits per heavy atom. The van der Waals surface area contributed by atoms with Gasteiger partial charge in [-0.25, -0.2) is 22.3 Å². The van der Waals surface area contributed by atoms with Crippen LogP contribution < -0.4 is 15.2 Å². The van der Waals surface area contributed by atoms with Crippen LogP contribution in [-0.4, -0.2) is 20.9 Å². The van der Waals surface area contributed by atoms with Crippen LogP contribution >= 0.6 is 0 Å². The average Bonchev–Trinajstić information content (AvgIpc) is 2.77. The van der Waals surface area contributed by atoms with E-state index in [1.54, 1.807) is 0 Å². The third-order valence-electron chi connectivity index (χ3n) is 5.52. The molecule has 0 saturated carbocycles. The number of nitrogens with two attached hydrogens (primary N) is 1. The maximum Gasteiger partial charge on any atom is 0.419 e. The summed E-state index contributed by atoms with van der Waals surface area (Å²) in [5.74, 6) is -4.26. The van der Waals surface area contributed by atoms with E-state index in [1.807, 2.05) is 0 Å². The van der Waals surface area contributed by atoms with E-state index < -0.39 is 50.8 Å². The number of carbonyl (C=O) groups is 1. The van der Waals surface area contributed by atoms with E-state index in [2.05, 4.69) is 5.32 Å². The zero-order valence-corrected chi connectivity index (χ0v) is 18.5. The molecule has 12 heteroatoms. The van der Waals surface area contributed by atoms with Crippen LogP contribution in [0.25, 0.3) is 0 Å². The molecule has 6 nitrogen and oxygen atoms in total. The molecule has 1 aliphatic heterocycles. The first kappa shape index (κ1) is 24.6. The van der Waals surface area contributed by atoms with E-state index in [1.165, 1.54) is 18.2 Å². The lowest BCUT2D eigenvalue weighted by molar-refractivity contribution is -0.140. The number of fused-ring (bicyclic) bond motifs is 1. The van der Waals surface area contributed by atoms with Crippen molar-refractivity contribution in [1.29, 1.82) is 0 Å². The molecule has 1 atom stereocenters. The van der Waals surface area contributed by atoms with Gasteiger partial charge in [-0.1, -0.05) is 18.2 Å². The summed E-state index contributed by atoms with van der Waals surface area (Å²) in [6.07, 6.45) is -4.90. The second-order valence-corrected chi connectivity index (χ2v) is 9.35. The molecular weight excluding hydrogens is 495 g/mol. The first-order chi connectivity index (χ1) is 16.4. The molecule has 184 valence electrons. The van der Waals surface area contributed by atoms with Crippen LogP contribution in [-0.2, 0) is 16.2 Å². The maximum absolute atomic E-state index is 15.3. The number of sulfonamides is 1. The lowest BCUT2D eigenvalue weighted by Crippen LogP contribution is -2.24. The standard InChI is InChI=1S/C23H17F5N2O4S/c24-12-4-5-16-15(8-9-34-19(16)10-12)17-6-7-18(23(26,27)28)21(25)20(17)22(31)30-13-2-1-3-14(11-13)35(29,32)33/h1-7,10-11,15H,8-9H2,(H,30,31)(H2,29,32,33). The lowest BCUT2D eigenvalue weighted by atomic mass is 9.83. The number of rotatable bonds is 4. The summed E-state index contributed by atoms with van der Waals surface area (Å²) in [7, 11) is -4.14. The van der Waals surface area contributed by atoms with E-state index in [4.69, 9.17) is 9.88 Å². The average molecular weight is 512 g/mol. The minimum absolute atomic E-state index is 0.0568. The number of hydrogen-bond donors (Lipinski definition) is 2. The topological polar surface area (TPSA) is 98.5 Å². The van der Waals surface area contributed by atoms with Gasteiger partial charge in [-0.3, -0.25) is 4.79 Å². The fourth-order valence-corrected chi connectivity index (χ4v) is 4.52. The fraction of sp³-hybridized carbons (Fsp3) is 0.174. The van der Waals surface area contributed by atoms with Crippen LogP contribution in [0, 0.1) is 11.6 Å². The molecule has 0 aromatic heterocycles. The first-order valence-electron chi connectivity index (χ1n) is 10.1. The normalized spacial score (nSPS) is 15.8. The Morgan fingerprint density at radius 3 is 2.43 bits per heavy atom. The zero-order chi connectivity index (χ0) is 25.5. The van der Waals surface area contributed by atoms with Crippen molar-refractivity contribution < 1.29 is 39.9 Å². The SMILES string of the molecule is NS(=O)(=O)c1cccc(NC(=O)c2c(C3CCOc4cc(F)ccc43)ccc(C(F)(F)F)c2F)c1. The molecule has 3 aromatic carbocycles. The van der Waals surface area contributed by atoms with Gasteiger partial charge in [0.25, 0.3) is 5.91 Å². The summed E-state index contributed by atoms with van der Waals surface area (Å²) < 4.78 is 97.9. The van der Waals surface area contributed by atoms with E-state index in [9.17, 15) is 30.8 Å². The summed E-state index contributed by atoms with van der Waals surface area (Å²) in [5, 5.41) is 7.32. The van der Waals surface area contributed by atoms with Gasteiger partial charge < -0.3 is 10.1 Å². The smallest absolute Gasteiger partial charge is 0.419 e. The van der Waals surface area contributed by atoms with Gasteiger partial charge in [-0.05, 0) is 42.3 Å². The highest BCUT2D eigenvalue weighted by atomic mass is 32.2. The summed E-state index contributed by atoms with van der Waals surface area (Å²) in [6, 6.07) is 9.80. The van der Waals surface area contributed by atoms with Crippen LogP contribution in [0.15, 0.2) is 59.5 Å². The van der Waals surface area contributed by atoms with Crippen molar-refractivity contribution in [2.45, 2.75) is 23.4 Å². The number of ether oxygens (including phenoxy) is 1. The molecule has 0 bridgehead atoms. The van der Waals surface area contributed by atoms with E-state index in [0.717, 1.165) is 30.3 Å². The number of amides is 1. The number of benzene rings is 3. The molecule has 1 amide bonds. The minimum atomic E-state index is -5.08. The summed E-state index contributed by atoms with van der Waals surface area (Å²) in [4.78, 5) is 12.8. The van der Waals surface area contributed by atoms with Crippen molar-refractivity contribution in [2.75, 3.05) is 11.9 Å². The van der Waals surface area contributed by atoms with Crippen molar-refractivity contribution in [3.05, 3.63) is 88.5 Å². The number of alkyl halides is 3. The second kappa shape index (κ2) is 8.93. The van der Waals surface area contributed by atoms with Crippen LogP contribution in [0.4, 0.5) is 27.6 Å². The molecule has 35 heavy (non-hydrogen) atoms. The van der Waals surface area contributed by atoms with E-state index >= 15 is 4.39 Å². The Balaban J connectivity index is 1.84. The zero-order valence-electron chi connectivity index (χ0n) is 17.7. The molecule has 4 rings (SSSR count). The molecule has 3 aromatic rings. The molecule has 0 saturated heterocycles. The number of anilines is 1. The number of nitrogens with one attached hydrogen (secondary N) is 1. The van der Waals surface area contributed by atoms with Gasteiger partial charge in [-0.15, -0.1) is 0 Å². The summed E-state index contributed by atoms with van der Waals surface area (Å²) in [5.41, 5.74) is -2.33. The molecule has 0 fully saturated rings. The third kappa shape index (κ3) is 4.98. The quantitative estimate of drug-likeness (QED) is 0.491. The third-order valence-corrected chi connectivity index (χ3v) is 6.43. The monoisotopic (exact) mass is 512 g/mol. The Labute approximate surface area is 196 Å². The fourth-order valence-electron chi connectivity index (χ4n) is 3.96. The number of primary sulfonamides is 1. The minimum Gasteiger partial charge on any atom is -0.493 e. The van der Waals surface area contributed by atoms with Gasteiger partial charge in [0.05, 0.1) is 22.6 Å². The maximum atomic E-state index is 15.3. The molecule has 1 unspecified atom stereocenters. The van der Waals surface area contributed by atoms with Crippen LogP contribution in [0.2, 0.25) is 0 Å².